The van der Waals surface area contributed by atoms with Crippen molar-refractivity contribution in [3.05, 3.63) is 65.5 Å². The van der Waals surface area contributed by atoms with Crippen molar-refractivity contribution < 1.29 is 18.7 Å². The normalized spacial score (nSPS) is 10.6. The van der Waals surface area contributed by atoms with Gasteiger partial charge in [0.2, 0.25) is 0 Å². The SMILES string of the molecule is Cc1ccc(C(=O)COC(=O)c2ccc3ocnc3c2)cc1. The average Bonchev–Trinajstić information content (AvgIpc) is 3.00. The smallest absolute Gasteiger partial charge is 0.338 e. The predicted octanol–water partition coefficient (Wildman–Crippen LogP) is 3.18. The van der Waals surface area contributed by atoms with Crippen molar-refractivity contribution in [2.24, 2.45) is 0 Å². The molecule has 22 heavy (non-hydrogen) atoms. The molecule has 1 heterocycles. The maximum atomic E-state index is 12.0. The summed E-state index contributed by atoms with van der Waals surface area (Å²) in [6.45, 7) is 1.65. The summed E-state index contributed by atoms with van der Waals surface area (Å²) in [5.74, 6) is -0.804. The zero-order chi connectivity index (χ0) is 15.5. The van der Waals surface area contributed by atoms with E-state index < -0.39 is 5.97 Å². The molecule has 0 saturated carbocycles. The molecule has 0 bridgehead atoms. The second-order valence-electron chi connectivity index (χ2n) is 4.90. The van der Waals surface area contributed by atoms with Crippen molar-refractivity contribution in [2.45, 2.75) is 6.92 Å². The monoisotopic (exact) mass is 295 g/mol. The van der Waals surface area contributed by atoms with Crippen molar-refractivity contribution >= 4 is 22.9 Å². The van der Waals surface area contributed by atoms with Crippen LogP contribution in [-0.4, -0.2) is 23.3 Å². The number of ketones is 1. The standard InChI is InChI=1S/C17H13NO4/c1-11-2-4-12(5-3-11)15(19)9-21-17(20)13-6-7-16-14(8-13)18-10-22-16/h2-8,10H,9H2,1H3. The summed E-state index contributed by atoms with van der Waals surface area (Å²) < 4.78 is 10.2. The lowest BCUT2D eigenvalue weighted by Gasteiger charge is -2.04. The van der Waals surface area contributed by atoms with Crippen molar-refractivity contribution in [3.63, 3.8) is 0 Å². The lowest BCUT2D eigenvalue weighted by atomic mass is 10.1. The van der Waals surface area contributed by atoms with Crippen LogP contribution < -0.4 is 0 Å². The summed E-state index contributed by atoms with van der Waals surface area (Å²) in [5, 5.41) is 0. The van der Waals surface area contributed by atoms with Crippen LogP contribution in [0.3, 0.4) is 0 Å². The van der Waals surface area contributed by atoms with Crippen molar-refractivity contribution in [2.75, 3.05) is 6.61 Å². The van der Waals surface area contributed by atoms with Gasteiger partial charge in [0.25, 0.3) is 0 Å². The van der Waals surface area contributed by atoms with Crippen molar-refractivity contribution in [1.29, 1.82) is 0 Å². The van der Waals surface area contributed by atoms with Crippen LogP contribution in [0.4, 0.5) is 0 Å². The zero-order valence-corrected chi connectivity index (χ0v) is 11.9. The largest absolute Gasteiger partial charge is 0.454 e. The molecule has 0 amide bonds. The topological polar surface area (TPSA) is 69.4 Å². The van der Waals surface area contributed by atoms with E-state index >= 15 is 0 Å². The zero-order valence-electron chi connectivity index (χ0n) is 11.9. The van der Waals surface area contributed by atoms with Crippen molar-refractivity contribution in [1.82, 2.24) is 4.98 Å². The Labute approximate surface area is 126 Å². The van der Waals surface area contributed by atoms with E-state index in [9.17, 15) is 9.59 Å². The molecular weight excluding hydrogens is 282 g/mol. The number of ether oxygens (including phenoxy) is 1. The Kier molecular flexibility index (Phi) is 3.70. The van der Waals surface area contributed by atoms with E-state index in [-0.39, 0.29) is 12.4 Å². The van der Waals surface area contributed by atoms with Crippen molar-refractivity contribution in [3.8, 4) is 0 Å². The molecule has 5 heteroatoms. The number of esters is 1. The third-order valence-electron chi connectivity index (χ3n) is 3.27. The van der Waals surface area contributed by atoms with Crippen LogP contribution in [0.1, 0.15) is 26.3 Å². The number of oxazole rings is 1. The van der Waals surface area contributed by atoms with Gasteiger partial charge in [-0.1, -0.05) is 29.8 Å². The van der Waals surface area contributed by atoms with E-state index in [1.165, 1.54) is 6.39 Å². The second kappa shape index (κ2) is 5.81. The quantitative estimate of drug-likeness (QED) is 0.546. The molecule has 110 valence electrons. The molecule has 0 aliphatic rings. The number of benzene rings is 2. The molecule has 0 unspecified atom stereocenters. The van der Waals surface area contributed by atoms with Gasteiger partial charge >= 0.3 is 5.97 Å². The minimum absolute atomic E-state index is 0.240. The maximum Gasteiger partial charge on any atom is 0.338 e. The van der Waals surface area contributed by atoms with E-state index in [0.717, 1.165) is 5.56 Å². The van der Waals surface area contributed by atoms with Gasteiger partial charge in [0.05, 0.1) is 5.56 Å². The fourth-order valence-electron chi connectivity index (χ4n) is 2.02. The van der Waals surface area contributed by atoms with Crippen LogP contribution in [0.15, 0.2) is 53.3 Å². The highest BCUT2D eigenvalue weighted by atomic mass is 16.5. The van der Waals surface area contributed by atoms with E-state index in [4.69, 9.17) is 9.15 Å². The highest BCUT2D eigenvalue weighted by Gasteiger charge is 2.13. The van der Waals surface area contributed by atoms with Crippen LogP contribution >= 0.6 is 0 Å². The number of carbonyl (C=O) groups excluding carboxylic acids is 2. The Hall–Kier alpha value is -2.95. The maximum absolute atomic E-state index is 12.0. The molecule has 0 saturated heterocycles. The Morgan fingerprint density at radius 2 is 1.82 bits per heavy atom. The van der Waals surface area contributed by atoms with Gasteiger partial charge in [0.1, 0.15) is 5.52 Å². The van der Waals surface area contributed by atoms with Gasteiger partial charge in [-0.3, -0.25) is 4.79 Å². The highest BCUT2D eigenvalue weighted by Crippen LogP contribution is 2.15. The summed E-state index contributed by atoms with van der Waals surface area (Å²) in [5.41, 5.74) is 3.07. The van der Waals surface area contributed by atoms with Gasteiger partial charge in [-0.05, 0) is 25.1 Å². The number of fused-ring (bicyclic) bond motifs is 1. The van der Waals surface area contributed by atoms with Gasteiger partial charge in [0, 0.05) is 5.56 Å². The second-order valence-corrected chi connectivity index (χ2v) is 4.90. The first kappa shape index (κ1) is 14.0. The predicted molar refractivity (Wildman–Crippen MR) is 79.8 cm³/mol. The first-order valence-electron chi connectivity index (χ1n) is 6.74. The molecule has 0 fully saturated rings. The summed E-state index contributed by atoms with van der Waals surface area (Å²) in [6, 6.07) is 11.9. The number of rotatable bonds is 4. The third-order valence-corrected chi connectivity index (χ3v) is 3.27. The Bertz CT molecular complexity index is 833. The summed E-state index contributed by atoms with van der Waals surface area (Å²) >= 11 is 0. The number of aryl methyl sites for hydroxylation is 1. The van der Waals surface area contributed by atoms with Crippen LogP contribution in [0.25, 0.3) is 11.1 Å². The van der Waals surface area contributed by atoms with Crippen LogP contribution in [0, 0.1) is 6.92 Å². The number of hydrogen-bond donors (Lipinski definition) is 0. The van der Waals surface area contributed by atoms with E-state index in [1.807, 2.05) is 19.1 Å². The van der Waals surface area contributed by atoms with Crippen LogP contribution in [0.5, 0.6) is 0 Å². The fraction of sp³-hybridized carbons (Fsp3) is 0.118. The molecule has 0 radical (unpaired) electrons. The van der Waals surface area contributed by atoms with Crippen LogP contribution in [0.2, 0.25) is 0 Å². The fourth-order valence-corrected chi connectivity index (χ4v) is 2.02. The third kappa shape index (κ3) is 2.88. The molecule has 2 aromatic carbocycles. The van der Waals surface area contributed by atoms with Gasteiger partial charge in [0.15, 0.2) is 24.4 Å². The number of aromatic nitrogens is 1. The van der Waals surface area contributed by atoms with Gasteiger partial charge < -0.3 is 9.15 Å². The summed E-state index contributed by atoms with van der Waals surface area (Å²) in [6.07, 6.45) is 1.31. The van der Waals surface area contributed by atoms with E-state index in [0.29, 0.717) is 22.2 Å². The number of carbonyl (C=O) groups is 2. The molecule has 0 aliphatic carbocycles. The van der Waals surface area contributed by atoms with Crippen LogP contribution in [-0.2, 0) is 4.74 Å². The molecule has 5 nitrogen and oxygen atoms in total. The van der Waals surface area contributed by atoms with Gasteiger partial charge in [-0.25, -0.2) is 9.78 Å². The molecule has 0 aliphatic heterocycles. The van der Waals surface area contributed by atoms with Gasteiger partial charge in [-0.2, -0.15) is 0 Å². The minimum atomic E-state index is -0.564. The van der Waals surface area contributed by atoms with E-state index in [2.05, 4.69) is 4.98 Å². The molecule has 0 N–H and O–H groups in total. The Balaban J connectivity index is 1.66. The lowest BCUT2D eigenvalue weighted by molar-refractivity contribution is 0.0475. The first-order valence-corrected chi connectivity index (χ1v) is 6.74. The number of hydrogen-bond acceptors (Lipinski definition) is 5. The molecule has 3 aromatic rings. The molecule has 0 atom stereocenters. The Morgan fingerprint density at radius 3 is 2.59 bits per heavy atom. The highest BCUT2D eigenvalue weighted by molar-refractivity contribution is 6.00. The molecule has 0 spiro atoms. The molecular formula is C17H13NO4. The molecule has 3 rings (SSSR count). The lowest BCUT2D eigenvalue weighted by Crippen LogP contribution is -2.14. The first-order chi connectivity index (χ1) is 10.6. The Morgan fingerprint density at radius 1 is 1.09 bits per heavy atom. The summed E-state index contributed by atoms with van der Waals surface area (Å²) in [7, 11) is 0. The average molecular weight is 295 g/mol. The number of nitrogens with zero attached hydrogens (tertiary/aromatic N) is 1. The summed E-state index contributed by atoms with van der Waals surface area (Å²) in [4.78, 5) is 27.9. The van der Waals surface area contributed by atoms with E-state index in [1.54, 1.807) is 30.3 Å². The molecule has 1 aromatic heterocycles. The number of Topliss-reactive ketones (excluding diaryl/α,β-unsaturated/α-hetero) is 1. The van der Waals surface area contributed by atoms with Gasteiger partial charge in [-0.15, -0.1) is 0 Å². The minimum Gasteiger partial charge on any atom is -0.454 e.